The summed E-state index contributed by atoms with van der Waals surface area (Å²) in [5.74, 6) is -0.193. The third-order valence-corrected chi connectivity index (χ3v) is 3.54. The van der Waals surface area contributed by atoms with Gasteiger partial charge in [0.1, 0.15) is 6.04 Å². The van der Waals surface area contributed by atoms with Crippen LogP contribution in [-0.2, 0) is 9.59 Å². The van der Waals surface area contributed by atoms with E-state index in [4.69, 9.17) is 5.11 Å². The molecule has 2 atom stereocenters. The number of hydrogen-bond donors (Lipinski definition) is 3. The Bertz CT molecular complexity index is 249. The molecule has 4 nitrogen and oxygen atoms in total. The van der Waals surface area contributed by atoms with Crippen LogP contribution in [0.1, 0.15) is 26.2 Å². The molecular formula is C11H21NO3S2. The van der Waals surface area contributed by atoms with Crippen molar-refractivity contribution in [3.63, 3.8) is 0 Å². The normalized spacial score (nSPS) is 14.1. The standard InChI is InChI=1S/C11H21NO3S2/c1-3-4-8(7-16)10(13)12-9(11(14)15)5-6-17-2/h8-9,16H,3-7H2,1-2H3,(H,12,13)(H,14,15)/t8?,9-/m0/s1. The van der Waals surface area contributed by atoms with Crippen LogP contribution >= 0.6 is 24.4 Å². The molecule has 0 bridgehead atoms. The lowest BCUT2D eigenvalue weighted by atomic mass is 10.0. The van der Waals surface area contributed by atoms with Crippen molar-refractivity contribution in [2.24, 2.45) is 5.92 Å². The van der Waals surface area contributed by atoms with Gasteiger partial charge in [-0.1, -0.05) is 13.3 Å². The number of carboxylic acid groups (broad SMARTS) is 1. The number of thioether (sulfide) groups is 1. The zero-order valence-corrected chi connectivity index (χ0v) is 12.0. The largest absolute Gasteiger partial charge is 0.480 e. The van der Waals surface area contributed by atoms with E-state index in [2.05, 4.69) is 17.9 Å². The van der Waals surface area contributed by atoms with Gasteiger partial charge in [-0.15, -0.1) is 0 Å². The number of aliphatic carboxylic acids is 1. The molecule has 0 aliphatic heterocycles. The van der Waals surface area contributed by atoms with Crippen LogP contribution < -0.4 is 5.32 Å². The van der Waals surface area contributed by atoms with E-state index in [1.807, 2.05) is 13.2 Å². The Labute approximate surface area is 112 Å². The number of carbonyl (C=O) groups is 2. The molecule has 1 unspecified atom stereocenters. The smallest absolute Gasteiger partial charge is 0.326 e. The molecule has 0 radical (unpaired) electrons. The molecule has 0 saturated carbocycles. The summed E-state index contributed by atoms with van der Waals surface area (Å²) in [7, 11) is 0. The van der Waals surface area contributed by atoms with Crippen LogP contribution in [0.25, 0.3) is 0 Å². The Kier molecular flexibility index (Phi) is 9.44. The summed E-state index contributed by atoms with van der Waals surface area (Å²) in [5, 5.41) is 11.6. The van der Waals surface area contributed by atoms with Gasteiger partial charge in [0, 0.05) is 11.7 Å². The minimum absolute atomic E-state index is 0.195. The van der Waals surface area contributed by atoms with E-state index in [-0.39, 0.29) is 11.8 Å². The molecule has 2 N–H and O–H groups in total. The highest BCUT2D eigenvalue weighted by Gasteiger charge is 2.23. The summed E-state index contributed by atoms with van der Waals surface area (Å²) in [5.41, 5.74) is 0. The average molecular weight is 279 g/mol. The summed E-state index contributed by atoms with van der Waals surface area (Å²) >= 11 is 5.69. The molecule has 0 spiro atoms. The van der Waals surface area contributed by atoms with Gasteiger partial charge in [-0.2, -0.15) is 24.4 Å². The summed E-state index contributed by atoms with van der Waals surface area (Å²) in [6.07, 6.45) is 3.99. The van der Waals surface area contributed by atoms with Crippen LogP contribution in [0.5, 0.6) is 0 Å². The van der Waals surface area contributed by atoms with Crippen molar-refractivity contribution in [1.29, 1.82) is 0 Å². The van der Waals surface area contributed by atoms with E-state index in [0.29, 0.717) is 12.2 Å². The Morgan fingerprint density at radius 2 is 2.06 bits per heavy atom. The fourth-order valence-corrected chi connectivity index (χ4v) is 2.26. The van der Waals surface area contributed by atoms with Crippen LogP contribution in [0, 0.1) is 5.92 Å². The highest BCUT2D eigenvalue weighted by Crippen LogP contribution is 2.10. The van der Waals surface area contributed by atoms with Crippen molar-refractivity contribution < 1.29 is 14.7 Å². The maximum Gasteiger partial charge on any atom is 0.326 e. The fourth-order valence-electron chi connectivity index (χ4n) is 1.44. The fraction of sp³-hybridized carbons (Fsp3) is 0.818. The molecule has 0 aromatic heterocycles. The van der Waals surface area contributed by atoms with Gasteiger partial charge in [-0.05, 0) is 24.9 Å². The second-order valence-corrected chi connectivity index (χ2v) is 5.20. The molecule has 0 aromatic carbocycles. The lowest BCUT2D eigenvalue weighted by Crippen LogP contribution is -2.44. The number of carboxylic acids is 1. The Morgan fingerprint density at radius 1 is 1.41 bits per heavy atom. The maximum atomic E-state index is 11.8. The van der Waals surface area contributed by atoms with Gasteiger partial charge in [-0.3, -0.25) is 4.79 Å². The first kappa shape index (κ1) is 16.6. The SMILES string of the molecule is CCCC(CS)C(=O)N[C@@H](CCSC)C(=O)O. The van der Waals surface area contributed by atoms with Crippen LogP contribution in [0.4, 0.5) is 0 Å². The molecule has 0 fully saturated rings. The second-order valence-electron chi connectivity index (χ2n) is 3.85. The van der Waals surface area contributed by atoms with Gasteiger partial charge in [0.05, 0.1) is 0 Å². The lowest BCUT2D eigenvalue weighted by molar-refractivity contribution is -0.142. The highest BCUT2D eigenvalue weighted by molar-refractivity contribution is 7.98. The molecule has 0 saturated heterocycles. The zero-order valence-electron chi connectivity index (χ0n) is 10.3. The minimum Gasteiger partial charge on any atom is -0.480 e. The van der Waals surface area contributed by atoms with Gasteiger partial charge in [0.15, 0.2) is 0 Å². The number of rotatable bonds is 9. The Morgan fingerprint density at radius 3 is 2.47 bits per heavy atom. The molecule has 6 heteroatoms. The maximum absolute atomic E-state index is 11.8. The van der Waals surface area contributed by atoms with E-state index < -0.39 is 12.0 Å². The van der Waals surface area contributed by atoms with E-state index in [0.717, 1.165) is 18.6 Å². The molecule has 17 heavy (non-hydrogen) atoms. The zero-order chi connectivity index (χ0) is 13.3. The molecule has 0 aliphatic rings. The van der Waals surface area contributed by atoms with Crippen molar-refractivity contribution in [3.8, 4) is 0 Å². The van der Waals surface area contributed by atoms with Crippen LogP contribution in [-0.4, -0.2) is 40.8 Å². The first-order valence-corrected chi connectivity index (χ1v) is 7.72. The molecule has 100 valence electrons. The summed E-state index contributed by atoms with van der Waals surface area (Å²) in [4.78, 5) is 22.8. The van der Waals surface area contributed by atoms with Gasteiger partial charge in [0.2, 0.25) is 5.91 Å². The summed E-state index contributed by atoms with van der Waals surface area (Å²) < 4.78 is 0. The van der Waals surface area contributed by atoms with Crippen molar-refractivity contribution in [2.75, 3.05) is 17.8 Å². The number of thiol groups is 1. The molecular weight excluding hydrogens is 258 g/mol. The molecule has 1 amide bonds. The predicted octanol–water partition coefficient (Wildman–Crippen LogP) is 1.66. The predicted molar refractivity (Wildman–Crippen MR) is 74.8 cm³/mol. The van der Waals surface area contributed by atoms with Crippen LogP contribution in [0.3, 0.4) is 0 Å². The first-order chi connectivity index (χ1) is 8.06. The van der Waals surface area contributed by atoms with E-state index in [9.17, 15) is 9.59 Å². The number of hydrogen-bond acceptors (Lipinski definition) is 4. The molecule has 0 aromatic rings. The quantitative estimate of drug-likeness (QED) is 0.562. The summed E-state index contributed by atoms with van der Waals surface area (Å²) in [6.45, 7) is 1.99. The number of carbonyl (C=O) groups excluding carboxylic acids is 1. The molecule has 0 heterocycles. The van der Waals surface area contributed by atoms with Crippen molar-refractivity contribution in [1.82, 2.24) is 5.32 Å². The number of nitrogens with one attached hydrogen (secondary N) is 1. The third kappa shape index (κ3) is 6.83. The van der Waals surface area contributed by atoms with E-state index in [1.165, 1.54) is 0 Å². The van der Waals surface area contributed by atoms with E-state index >= 15 is 0 Å². The Balaban J connectivity index is 4.32. The minimum atomic E-state index is -0.971. The lowest BCUT2D eigenvalue weighted by Gasteiger charge is -2.18. The summed E-state index contributed by atoms with van der Waals surface area (Å²) in [6, 6.07) is -0.783. The van der Waals surface area contributed by atoms with Crippen molar-refractivity contribution in [2.45, 2.75) is 32.2 Å². The van der Waals surface area contributed by atoms with Crippen LogP contribution in [0.15, 0.2) is 0 Å². The first-order valence-electron chi connectivity index (χ1n) is 5.69. The van der Waals surface area contributed by atoms with Gasteiger partial charge >= 0.3 is 5.97 Å². The number of amides is 1. The topological polar surface area (TPSA) is 66.4 Å². The average Bonchev–Trinajstić information content (AvgIpc) is 2.30. The monoisotopic (exact) mass is 279 g/mol. The van der Waals surface area contributed by atoms with Crippen LogP contribution in [0.2, 0.25) is 0 Å². The van der Waals surface area contributed by atoms with Crippen molar-refractivity contribution in [3.05, 3.63) is 0 Å². The van der Waals surface area contributed by atoms with Gasteiger partial charge < -0.3 is 10.4 Å². The highest BCUT2D eigenvalue weighted by atomic mass is 32.2. The molecule has 0 aliphatic carbocycles. The Hall–Kier alpha value is -0.360. The van der Waals surface area contributed by atoms with E-state index in [1.54, 1.807) is 11.8 Å². The second kappa shape index (κ2) is 9.65. The van der Waals surface area contributed by atoms with Crippen molar-refractivity contribution >= 4 is 36.3 Å². The van der Waals surface area contributed by atoms with Gasteiger partial charge in [0.25, 0.3) is 0 Å². The third-order valence-electron chi connectivity index (χ3n) is 2.45. The van der Waals surface area contributed by atoms with Gasteiger partial charge in [-0.25, -0.2) is 4.79 Å². The molecule has 0 rings (SSSR count).